The average molecular weight is 307 g/mol. The summed E-state index contributed by atoms with van der Waals surface area (Å²) in [6, 6.07) is 13.8. The topological polar surface area (TPSA) is 37.4 Å². The van der Waals surface area contributed by atoms with E-state index in [9.17, 15) is 9.59 Å². The molecule has 0 N–H and O–H groups in total. The van der Waals surface area contributed by atoms with Crippen molar-refractivity contribution < 1.29 is 9.59 Å². The molecule has 2 aromatic carbocycles. The largest absolute Gasteiger partial charge is 0.274 e. The summed E-state index contributed by atoms with van der Waals surface area (Å²) in [4.78, 5) is 27.0. The lowest BCUT2D eigenvalue weighted by molar-refractivity contribution is -0.122. The number of imide groups is 1. The summed E-state index contributed by atoms with van der Waals surface area (Å²) in [5, 5.41) is 2.52. The number of thioether (sulfide) groups is 1. The fraction of sp³-hybridized carbons (Fsp3) is 0.222. The highest BCUT2D eigenvalue weighted by Gasteiger charge is 2.60. The first kappa shape index (κ1) is 12.5. The number of nitrogens with zero attached hydrogens (tertiary/aromatic N) is 1. The van der Waals surface area contributed by atoms with Crippen LogP contribution in [0.2, 0.25) is 0 Å². The molecule has 4 unspecified atom stereocenters. The molecule has 0 saturated carbocycles. The molecule has 22 heavy (non-hydrogen) atoms. The third-order valence-electron chi connectivity index (χ3n) is 4.90. The number of hydrogen-bond donors (Lipinski definition) is 0. The van der Waals surface area contributed by atoms with Crippen LogP contribution in [-0.4, -0.2) is 22.3 Å². The number of amides is 2. The van der Waals surface area contributed by atoms with E-state index in [1.807, 2.05) is 42.5 Å². The summed E-state index contributed by atoms with van der Waals surface area (Å²) in [6.45, 7) is 0. The Kier molecular flexibility index (Phi) is 2.40. The average Bonchev–Trinajstić information content (AvgIpc) is 3.21. The summed E-state index contributed by atoms with van der Waals surface area (Å²) in [6.07, 6.45) is 4.18. The fourth-order valence-electron chi connectivity index (χ4n) is 3.87. The second-order valence-corrected chi connectivity index (χ2v) is 7.41. The molecular weight excluding hydrogens is 294 g/mol. The van der Waals surface area contributed by atoms with Crippen molar-refractivity contribution in [2.45, 2.75) is 10.5 Å². The van der Waals surface area contributed by atoms with Gasteiger partial charge in [0.1, 0.15) is 0 Å². The molecule has 0 radical (unpaired) electrons. The maximum Gasteiger partial charge on any atom is 0.239 e. The van der Waals surface area contributed by atoms with Crippen molar-refractivity contribution in [1.82, 2.24) is 0 Å². The predicted molar refractivity (Wildman–Crippen MR) is 87.7 cm³/mol. The SMILES string of the molecule is O=C1C2C3C=CC(S3)C2C(=O)N1c1ccc2ccccc2c1. The highest BCUT2D eigenvalue weighted by molar-refractivity contribution is 8.01. The van der Waals surface area contributed by atoms with Gasteiger partial charge in [-0.3, -0.25) is 9.59 Å². The first-order chi connectivity index (χ1) is 10.7. The zero-order valence-corrected chi connectivity index (χ0v) is 12.5. The zero-order valence-electron chi connectivity index (χ0n) is 11.7. The molecule has 2 saturated heterocycles. The van der Waals surface area contributed by atoms with E-state index in [2.05, 4.69) is 12.2 Å². The van der Waals surface area contributed by atoms with E-state index >= 15 is 0 Å². The van der Waals surface area contributed by atoms with E-state index in [0.717, 1.165) is 10.8 Å². The molecule has 2 bridgehead atoms. The van der Waals surface area contributed by atoms with Gasteiger partial charge in [-0.05, 0) is 22.9 Å². The molecule has 3 heterocycles. The number of benzene rings is 2. The first-order valence-electron chi connectivity index (χ1n) is 7.44. The molecule has 108 valence electrons. The maximum absolute atomic E-state index is 12.8. The monoisotopic (exact) mass is 307 g/mol. The molecule has 4 heteroatoms. The van der Waals surface area contributed by atoms with Crippen LogP contribution in [0.5, 0.6) is 0 Å². The van der Waals surface area contributed by atoms with Crippen LogP contribution in [0.3, 0.4) is 0 Å². The molecule has 2 amide bonds. The van der Waals surface area contributed by atoms with Gasteiger partial charge in [0.05, 0.1) is 17.5 Å². The minimum Gasteiger partial charge on any atom is -0.274 e. The summed E-state index contributed by atoms with van der Waals surface area (Å²) >= 11 is 1.75. The van der Waals surface area contributed by atoms with Crippen molar-refractivity contribution in [1.29, 1.82) is 0 Å². The smallest absolute Gasteiger partial charge is 0.239 e. The normalized spacial score (nSPS) is 32.3. The van der Waals surface area contributed by atoms with E-state index in [4.69, 9.17) is 0 Å². The van der Waals surface area contributed by atoms with Crippen molar-refractivity contribution in [2.75, 3.05) is 4.90 Å². The Hall–Kier alpha value is -2.07. The van der Waals surface area contributed by atoms with Crippen LogP contribution in [0.4, 0.5) is 5.69 Å². The molecule has 4 atom stereocenters. The Labute approximate surface area is 132 Å². The van der Waals surface area contributed by atoms with E-state index in [0.29, 0.717) is 5.69 Å². The van der Waals surface area contributed by atoms with Gasteiger partial charge in [-0.1, -0.05) is 42.5 Å². The Balaban J connectivity index is 1.60. The quantitative estimate of drug-likeness (QED) is 0.600. The lowest BCUT2D eigenvalue weighted by Gasteiger charge is -2.17. The molecule has 3 aliphatic heterocycles. The van der Waals surface area contributed by atoms with E-state index < -0.39 is 0 Å². The highest BCUT2D eigenvalue weighted by Crippen LogP contribution is 2.53. The van der Waals surface area contributed by atoms with Gasteiger partial charge in [-0.25, -0.2) is 4.90 Å². The number of rotatable bonds is 1. The van der Waals surface area contributed by atoms with Crippen LogP contribution in [0, 0.1) is 11.8 Å². The molecule has 0 aliphatic carbocycles. The van der Waals surface area contributed by atoms with E-state index in [1.54, 1.807) is 11.8 Å². The van der Waals surface area contributed by atoms with Gasteiger partial charge in [0.2, 0.25) is 11.8 Å². The van der Waals surface area contributed by atoms with Gasteiger partial charge in [0.25, 0.3) is 0 Å². The van der Waals surface area contributed by atoms with Crippen molar-refractivity contribution in [3.8, 4) is 0 Å². The van der Waals surface area contributed by atoms with Gasteiger partial charge in [-0.2, -0.15) is 0 Å². The molecule has 5 rings (SSSR count). The van der Waals surface area contributed by atoms with Gasteiger partial charge in [-0.15, -0.1) is 11.8 Å². The summed E-state index contributed by atoms with van der Waals surface area (Å²) in [7, 11) is 0. The van der Waals surface area contributed by atoms with Gasteiger partial charge in [0.15, 0.2) is 0 Å². The molecule has 2 aromatic rings. The molecule has 2 fully saturated rings. The highest BCUT2D eigenvalue weighted by atomic mass is 32.2. The number of anilines is 1. The first-order valence-corrected chi connectivity index (χ1v) is 8.39. The van der Waals surface area contributed by atoms with Gasteiger partial charge < -0.3 is 0 Å². The Morgan fingerprint density at radius 1 is 0.818 bits per heavy atom. The summed E-state index contributed by atoms with van der Waals surface area (Å²) < 4.78 is 0. The van der Waals surface area contributed by atoms with Crippen LogP contribution >= 0.6 is 11.8 Å². The Morgan fingerprint density at radius 2 is 1.45 bits per heavy atom. The van der Waals surface area contributed by atoms with Crippen LogP contribution in [0.25, 0.3) is 10.8 Å². The number of hydrogen-bond acceptors (Lipinski definition) is 3. The van der Waals surface area contributed by atoms with Crippen molar-refractivity contribution in [2.24, 2.45) is 11.8 Å². The lowest BCUT2D eigenvalue weighted by atomic mass is 9.85. The van der Waals surface area contributed by atoms with Crippen LogP contribution < -0.4 is 4.90 Å². The van der Waals surface area contributed by atoms with Crippen molar-refractivity contribution in [3.63, 3.8) is 0 Å². The minimum absolute atomic E-state index is 0.0327. The van der Waals surface area contributed by atoms with Crippen LogP contribution in [-0.2, 0) is 9.59 Å². The number of carbonyl (C=O) groups excluding carboxylic acids is 2. The number of fused-ring (bicyclic) bond motifs is 6. The Morgan fingerprint density at radius 3 is 2.14 bits per heavy atom. The zero-order chi connectivity index (χ0) is 14.8. The van der Waals surface area contributed by atoms with Crippen LogP contribution in [0.1, 0.15) is 0 Å². The lowest BCUT2D eigenvalue weighted by Crippen LogP contribution is -2.33. The van der Waals surface area contributed by atoms with Crippen molar-refractivity contribution >= 4 is 40.0 Å². The van der Waals surface area contributed by atoms with Crippen molar-refractivity contribution in [3.05, 3.63) is 54.6 Å². The Bertz CT molecular complexity index is 829. The third-order valence-corrected chi connectivity index (χ3v) is 6.43. The molecule has 0 aromatic heterocycles. The third kappa shape index (κ3) is 1.48. The van der Waals surface area contributed by atoms with Crippen LogP contribution in [0.15, 0.2) is 54.6 Å². The second-order valence-electron chi connectivity index (χ2n) is 6.05. The second kappa shape index (κ2) is 4.23. The van der Waals surface area contributed by atoms with E-state index in [1.165, 1.54) is 4.90 Å². The standard InChI is InChI=1S/C18H13NO2S/c20-17-15-13-7-8-14(22-13)16(15)18(21)19(17)12-6-5-10-3-1-2-4-11(10)9-12/h1-9,13-16H. The van der Waals surface area contributed by atoms with Gasteiger partial charge >= 0.3 is 0 Å². The molecule has 0 spiro atoms. The fourth-order valence-corrected chi connectivity index (χ4v) is 5.51. The summed E-state index contributed by atoms with van der Waals surface area (Å²) in [5.41, 5.74) is 0.701. The van der Waals surface area contributed by atoms with Gasteiger partial charge in [0, 0.05) is 10.5 Å². The van der Waals surface area contributed by atoms with E-state index in [-0.39, 0.29) is 34.2 Å². The molecule has 3 aliphatic rings. The minimum atomic E-state index is -0.168. The number of carbonyl (C=O) groups is 2. The molecule has 3 nitrogen and oxygen atoms in total. The maximum atomic E-state index is 12.8. The molecular formula is C18H13NO2S. The summed E-state index contributed by atoms with van der Waals surface area (Å²) in [5.74, 6) is -0.401. The predicted octanol–water partition coefficient (Wildman–Crippen LogP) is 3.00.